The summed E-state index contributed by atoms with van der Waals surface area (Å²) in [7, 11) is 1.89. The topological polar surface area (TPSA) is 77.0 Å². The van der Waals surface area contributed by atoms with Crippen LogP contribution in [0.2, 0.25) is 0 Å². The minimum absolute atomic E-state index is 0.0845. The molecule has 1 aliphatic heterocycles. The second-order valence-electron chi connectivity index (χ2n) is 6.69. The van der Waals surface area contributed by atoms with Gasteiger partial charge in [-0.05, 0) is 37.1 Å². The van der Waals surface area contributed by atoms with E-state index in [9.17, 15) is 4.79 Å². The molecule has 1 aliphatic rings. The van der Waals surface area contributed by atoms with Crippen LogP contribution >= 0.6 is 11.8 Å². The molecule has 0 fully saturated rings. The average Bonchev–Trinajstić information content (AvgIpc) is 3.19. The van der Waals surface area contributed by atoms with E-state index in [1.165, 1.54) is 17.3 Å². The standard InChI is InChI=1S/C20H21N5OS/c1-13-11-14-7-3-6-10-17(14)25(13)18(26)12-27-20-23-22-19(24(20)2)15-8-4-5-9-16(15)21/h3-10,13H,11-12,21H2,1-2H3. The summed E-state index contributed by atoms with van der Waals surface area (Å²) < 4.78 is 1.88. The van der Waals surface area contributed by atoms with Crippen molar-refractivity contribution >= 4 is 29.0 Å². The molecule has 0 spiro atoms. The Bertz CT molecular complexity index is 1000. The molecule has 0 radical (unpaired) electrons. The number of carbonyl (C=O) groups excluding carboxylic acids is 1. The van der Waals surface area contributed by atoms with Crippen LogP contribution < -0.4 is 10.6 Å². The van der Waals surface area contributed by atoms with Crippen LogP contribution in [0.4, 0.5) is 11.4 Å². The molecule has 1 amide bonds. The van der Waals surface area contributed by atoms with Crippen molar-refractivity contribution in [2.75, 3.05) is 16.4 Å². The first-order valence-electron chi connectivity index (χ1n) is 8.83. The number of rotatable bonds is 4. The highest BCUT2D eigenvalue weighted by Gasteiger charge is 2.30. The number of para-hydroxylation sites is 2. The Morgan fingerprint density at radius 1 is 1.19 bits per heavy atom. The molecule has 0 bridgehead atoms. The maximum absolute atomic E-state index is 12.9. The predicted octanol–water partition coefficient (Wildman–Crippen LogP) is 3.13. The van der Waals surface area contributed by atoms with Crippen LogP contribution in [0.3, 0.4) is 0 Å². The molecular formula is C20H21N5OS. The van der Waals surface area contributed by atoms with Crippen LogP contribution in [0.5, 0.6) is 0 Å². The number of benzene rings is 2. The Labute approximate surface area is 162 Å². The zero-order valence-electron chi connectivity index (χ0n) is 15.3. The van der Waals surface area contributed by atoms with E-state index in [1.807, 2.05) is 59.0 Å². The van der Waals surface area contributed by atoms with Gasteiger partial charge >= 0.3 is 0 Å². The molecule has 2 heterocycles. The molecule has 0 saturated carbocycles. The van der Waals surface area contributed by atoms with Gasteiger partial charge < -0.3 is 15.2 Å². The van der Waals surface area contributed by atoms with Gasteiger partial charge in [-0.25, -0.2) is 0 Å². The van der Waals surface area contributed by atoms with E-state index in [1.54, 1.807) is 0 Å². The van der Waals surface area contributed by atoms with Gasteiger partial charge in [0.2, 0.25) is 5.91 Å². The summed E-state index contributed by atoms with van der Waals surface area (Å²) in [5.74, 6) is 1.10. The number of hydrogen-bond donors (Lipinski definition) is 1. The maximum Gasteiger partial charge on any atom is 0.237 e. The number of carbonyl (C=O) groups is 1. The van der Waals surface area contributed by atoms with Crippen molar-refractivity contribution < 1.29 is 4.79 Å². The molecule has 2 aromatic carbocycles. The highest BCUT2D eigenvalue weighted by atomic mass is 32.2. The minimum atomic E-state index is 0.0845. The van der Waals surface area contributed by atoms with Gasteiger partial charge in [-0.2, -0.15) is 0 Å². The lowest BCUT2D eigenvalue weighted by molar-refractivity contribution is -0.116. The van der Waals surface area contributed by atoms with Crippen molar-refractivity contribution in [3.05, 3.63) is 54.1 Å². The SMILES string of the molecule is CC1Cc2ccccc2N1C(=O)CSc1nnc(-c2ccccc2N)n1C. The first kappa shape index (κ1) is 17.6. The van der Waals surface area contributed by atoms with Crippen molar-refractivity contribution in [2.45, 2.75) is 24.5 Å². The number of thioether (sulfide) groups is 1. The number of fused-ring (bicyclic) bond motifs is 1. The summed E-state index contributed by atoms with van der Waals surface area (Å²) in [5, 5.41) is 9.20. The molecule has 2 N–H and O–H groups in total. The van der Waals surface area contributed by atoms with Crippen LogP contribution in [0.1, 0.15) is 12.5 Å². The van der Waals surface area contributed by atoms with Gasteiger partial charge in [0.05, 0.1) is 5.75 Å². The Balaban J connectivity index is 1.50. The van der Waals surface area contributed by atoms with Gasteiger partial charge in [-0.1, -0.05) is 42.1 Å². The van der Waals surface area contributed by atoms with E-state index in [0.29, 0.717) is 22.4 Å². The smallest absolute Gasteiger partial charge is 0.237 e. The molecule has 1 aromatic heterocycles. The molecule has 0 aliphatic carbocycles. The minimum Gasteiger partial charge on any atom is -0.398 e. The van der Waals surface area contributed by atoms with Crippen LogP contribution in [-0.2, 0) is 18.3 Å². The van der Waals surface area contributed by atoms with E-state index in [0.717, 1.165) is 17.7 Å². The lowest BCUT2D eigenvalue weighted by Crippen LogP contribution is -2.37. The summed E-state index contributed by atoms with van der Waals surface area (Å²) >= 11 is 1.40. The van der Waals surface area contributed by atoms with Crippen molar-refractivity contribution in [1.29, 1.82) is 0 Å². The quantitative estimate of drug-likeness (QED) is 0.557. The Morgan fingerprint density at radius 2 is 1.93 bits per heavy atom. The Hall–Kier alpha value is -2.80. The lowest BCUT2D eigenvalue weighted by Gasteiger charge is -2.22. The molecule has 138 valence electrons. The third kappa shape index (κ3) is 3.19. The van der Waals surface area contributed by atoms with E-state index in [4.69, 9.17) is 5.73 Å². The van der Waals surface area contributed by atoms with Crippen molar-refractivity contribution in [1.82, 2.24) is 14.8 Å². The van der Waals surface area contributed by atoms with Crippen LogP contribution in [0, 0.1) is 0 Å². The third-order valence-electron chi connectivity index (χ3n) is 4.84. The second-order valence-corrected chi connectivity index (χ2v) is 7.63. The van der Waals surface area contributed by atoms with Gasteiger partial charge in [0.25, 0.3) is 0 Å². The number of amides is 1. The van der Waals surface area contributed by atoms with Gasteiger partial charge in [-0.3, -0.25) is 4.79 Å². The molecule has 1 atom stereocenters. The van der Waals surface area contributed by atoms with E-state index < -0.39 is 0 Å². The number of nitrogens with zero attached hydrogens (tertiary/aromatic N) is 4. The zero-order chi connectivity index (χ0) is 19.0. The van der Waals surface area contributed by atoms with Crippen LogP contribution in [0.15, 0.2) is 53.7 Å². The van der Waals surface area contributed by atoms with E-state index in [2.05, 4.69) is 23.2 Å². The number of aromatic nitrogens is 3. The number of nitrogens with two attached hydrogens (primary N) is 1. The number of nitrogen functional groups attached to an aromatic ring is 1. The molecule has 3 aromatic rings. The largest absolute Gasteiger partial charge is 0.398 e. The maximum atomic E-state index is 12.9. The summed E-state index contributed by atoms with van der Waals surface area (Å²) in [6.45, 7) is 2.08. The highest BCUT2D eigenvalue weighted by Crippen LogP contribution is 2.33. The Kier molecular flexibility index (Phi) is 4.61. The zero-order valence-corrected chi connectivity index (χ0v) is 16.1. The number of anilines is 2. The second kappa shape index (κ2) is 7.08. The molecule has 1 unspecified atom stereocenters. The van der Waals surface area contributed by atoms with E-state index in [-0.39, 0.29) is 11.9 Å². The Morgan fingerprint density at radius 3 is 2.74 bits per heavy atom. The van der Waals surface area contributed by atoms with Gasteiger partial charge in [0.15, 0.2) is 11.0 Å². The molecule has 7 heteroatoms. The average molecular weight is 379 g/mol. The monoisotopic (exact) mass is 379 g/mol. The molecule has 6 nitrogen and oxygen atoms in total. The third-order valence-corrected chi connectivity index (χ3v) is 5.84. The van der Waals surface area contributed by atoms with Crippen molar-refractivity contribution in [3.63, 3.8) is 0 Å². The highest BCUT2D eigenvalue weighted by molar-refractivity contribution is 7.99. The van der Waals surface area contributed by atoms with Gasteiger partial charge in [-0.15, -0.1) is 10.2 Å². The molecule has 0 saturated heterocycles. The summed E-state index contributed by atoms with van der Waals surface area (Å²) in [5.41, 5.74) is 9.79. The summed E-state index contributed by atoms with van der Waals surface area (Å²) in [4.78, 5) is 14.8. The fourth-order valence-electron chi connectivity index (χ4n) is 3.52. The molecular weight excluding hydrogens is 358 g/mol. The predicted molar refractivity (Wildman–Crippen MR) is 109 cm³/mol. The summed E-state index contributed by atoms with van der Waals surface area (Å²) in [6.07, 6.45) is 0.897. The van der Waals surface area contributed by atoms with Crippen molar-refractivity contribution in [3.8, 4) is 11.4 Å². The van der Waals surface area contributed by atoms with Crippen LogP contribution in [-0.4, -0.2) is 32.5 Å². The summed E-state index contributed by atoms with van der Waals surface area (Å²) in [6, 6.07) is 15.8. The fourth-order valence-corrected chi connectivity index (χ4v) is 4.29. The lowest BCUT2D eigenvalue weighted by atomic mass is 10.1. The molecule has 27 heavy (non-hydrogen) atoms. The number of hydrogen-bond acceptors (Lipinski definition) is 5. The fraction of sp³-hybridized carbons (Fsp3) is 0.250. The normalized spacial score (nSPS) is 15.8. The van der Waals surface area contributed by atoms with Crippen molar-refractivity contribution in [2.24, 2.45) is 7.05 Å². The van der Waals surface area contributed by atoms with E-state index >= 15 is 0 Å². The van der Waals surface area contributed by atoms with Crippen LogP contribution in [0.25, 0.3) is 11.4 Å². The molecule has 4 rings (SSSR count). The van der Waals surface area contributed by atoms with Gasteiger partial charge in [0.1, 0.15) is 0 Å². The first-order valence-corrected chi connectivity index (χ1v) is 9.82. The van der Waals surface area contributed by atoms with Gasteiger partial charge in [0, 0.05) is 30.0 Å². The first-order chi connectivity index (χ1) is 13.1.